The minimum atomic E-state index is -0.234. The van der Waals surface area contributed by atoms with E-state index in [1.54, 1.807) is 0 Å². The van der Waals surface area contributed by atoms with Gasteiger partial charge in [0.25, 0.3) is 0 Å². The standard InChI is InChI=1S/C57H41BN2OS2/c1-56(2,3)33-26-27-43(38(28-33)32-16-7-6-8-17-32)59-44-31-49-48(62-46-24-13-14-25-47(46)63-49)30-42(44)58-51-39(29-40-34-18-10-12-23-45(34)61-54(40)53(51)59)35-20-15-21-37-50-36-19-9-11-22-41(36)57(4,5)55(50)60(58)52(35)37/h6-31H,1-5H3. The molecule has 0 N–H and O–H groups in total. The van der Waals surface area contributed by atoms with Crippen molar-refractivity contribution < 1.29 is 4.42 Å². The Bertz CT molecular complexity index is 3670. The quantitative estimate of drug-likeness (QED) is 0.162. The summed E-state index contributed by atoms with van der Waals surface area (Å²) in [4.78, 5) is 7.80. The van der Waals surface area contributed by atoms with Gasteiger partial charge >= 0.3 is 6.85 Å². The summed E-state index contributed by atoms with van der Waals surface area (Å²) in [5.41, 5.74) is 20.7. The van der Waals surface area contributed by atoms with Crippen LogP contribution in [-0.2, 0) is 10.8 Å². The van der Waals surface area contributed by atoms with Gasteiger partial charge in [-0.1, -0.05) is 167 Å². The Morgan fingerprint density at radius 2 is 1.27 bits per heavy atom. The minimum absolute atomic E-state index is 0.0422. The van der Waals surface area contributed by atoms with Crippen LogP contribution in [0.25, 0.3) is 66.2 Å². The van der Waals surface area contributed by atoms with Crippen LogP contribution in [-0.4, -0.2) is 11.3 Å². The molecule has 0 spiro atoms. The predicted octanol–water partition coefficient (Wildman–Crippen LogP) is 14.8. The van der Waals surface area contributed by atoms with Gasteiger partial charge < -0.3 is 13.8 Å². The second-order valence-electron chi connectivity index (χ2n) is 19.2. The van der Waals surface area contributed by atoms with Crippen molar-refractivity contribution in [2.75, 3.05) is 4.90 Å². The lowest BCUT2D eigenvalue weighted by molar-refractivity contribution is 0.590. The molecule has 63 heavy (non-hydrogen) atoms. The van der Waals surface area contributed by atoms with Crippen molar-refractivity contribution in [3.8, 4) is 33.4 Å². The summed E-state index contributed by atoms with van der Waals surface area (Å²) >= 11 is 3.80. The van der Waals surface area contributed by atoms with Gasteiger partial charge in [0.15, 0.2) is 5.58 Å². The van der Waals surface area contributed by atoms with Crippen molar-refractivity contribution in [3.63, 3.8) is 0 Å². The van der Waals surface area contributed by atoms with Crippen LogP contribution in [0.2, 0.25) is 0 Å². The number of hydrogen-bond donors (Lipinski definition) is 0. The SMILES string of the molecule is CC(C)(C)c1ccc(N2c3cc4c(cc3B3c5c(cc6c(oc7ccccc76)c52)-c2cccc5c6c(n3c25)C(C)(C)c2ccccc2-6)Sc2ccccc2S4)c(-c2ccccc2)c1. The van der Waals surface area contributed by atoms with Crippen LogP contribution >= 0.6 is 23.5 Å². The molecule has 6 heteroatoms. The maximum absolute atomic E-state index is 7.24. The average molecular weight is 845 g/mol. The Hall–Kier alpha value is -6.34. The van der Waals surface area contributed by atoms with Gasteiger partial charge in [-0.2, -0.15) is 0 Å². The molecule has 0 atom stereocenters. The van der Waals surface area contributed by atoms with E-state index < -0.39 is 0 Å². The summed E-state index contributed by atoms with van der Waals surface area (Å²) in [5, 5.41) is 3.61. The third kappa shape index (κ3) is 4.75. The first-order valence-electron chi connectivity index (χ1n) is 22.0. The number of furan rings is 1. The molecule has 0 saturated heterocycles. The number of hydrogen-bond acceptors (Lipinski definition) is 4. The van der Waals surface area contributed by atoms with Crippen LogP contribution < -0.4 is 15.8 Å². The summed E-state index contributed by atoms with van der Waals surface area (Å²) in [5.74, 6) is 0. The maximum Gasteiger partial charge on any atom is 0.333 e. The van der Waals surface area contributed by atoms with Crippen LogP contribution in [0, 0.1) is 0 Å². The molecule has 0 fully saturated rings. The van der Waals surface area contributed by atoms with Crippen molar-refractivity contribution in [2.45, 2.75) is 65.0 Å². The van der Waals surface area contributed by atoms with Crippen molar-refractivity contribution in [1.29, 1.82) is 0 Å². The van der Waals surface area contributed by atoms with Gasteiger partial charge in [-0.05, 0) is 92.7 Å². The van der Waals surface area contributed by atoms with Crippen molar-refractivity contribution >= 4 is 91.2 Å². The molecule has 4 aliphatic rings. The second kappa shape index (κ2) is 12.4. The minimum Gasteiger partial charge on any atom is -0.454 e. The Kier molecular flexibility index (Phi) is 7.14. The molecular formula is C57H41BN2OS2. The fourth-order valence-electron chi connectivity index (χ4n) is 11.5. The zero-order valence-corrected chi connectivity index (χ0v) is 37.3. The van der Waals surface area contributed by atoms with Crippen LogP contribution in [0.5, 0.6) is 0 Å². The molecule has 0 amide bonds. The summed E-state index contributed by atoms with van der Waals surface area (Å²) in [6.45, 7) is 11.7. The Morgan fingerprint density at radius 1 is 0.571 bits per heavy atom. The molecule has 8 aromatic carbocycles. The molecule has 0 bridgehead atoms. The summed E-state index contributed by atoms with van der Waals surface area (Å²) < 4.78 is 10.0. The van der Waals surface area contributed by atoms with Crippen LogP contribution in [0.15, 0.2) is 182 Å². The number of nitrogens with zero attached hydrogens (tertiary/aromatic N) is 2. The molecule has 0 radical (unpaired) electrons. The van der Waals surface area contributed by atoms with Crippen LogP contribution in [0.3, 0.4) is 0 Å². The van der Waals surface area contributed by atoms with E-state index in [0.29, 0.717) is 0 Å². The number of aromatic nitrogens is 1. The normalized spacial score (nSPS) is 15.0. The van der Waals surface area contributed by atoms with E-state index >= 15 is 0 Å². The molecular weight excluding hydrogens is 804 g/mol. The smallest absolute Gasteiger partial charge is 0.333 e. The first-order chi connectivity index (χ1) is 30.6. The molecule has 10 aromatic rings. The highest BCUT2D eigenvalue weighted by Crippen LogP contribution is 2.58. The number of para-hydroxylation sites is 2. The van der Waals surface area contributed by atoms with E-state index in [9.17, 15) is 0 Å². The lowest BCUT2D eigenvalue weighted by Gasteiger charge is -2.42. The van der Waals surface area contributed by atoms with E-state index in [4.69, 9.17) is 4.42 Å². The summed E-state index contributed by atoms with van der Waals surface area (Å²) in [6, 6.07) is 59.3. The summed E-state index contributed by atoms with van der Waals surface area (Å²) in [7, 11) is 0. The van der Waals surface area contributed by atoms with E-state index in [2.05, 4.69) is 202 Å². The highest BCUT2D eigenvalue weighted by Gasteiger charge is 2.50. The van der Waals surface area contributed by atoms with Gasteiger partial charge in [0.1, 0.15) is 5.58 Å². The zero-order chi connectivity index (χ0) is 42.1. The zero-order valence-electron chi connectivity index (χ0n) is 35.7. The van der Waals surface area contributed by atoms with Gasteiger partial charge in [-0.25, -0.2) is 0 Å². The van der Waals surface area contributed by atoms with Crippen molar-refractivity contribution in [3.05, 3.63) is 175 Å². The molecule has 3 aliphatic heterocycles. The van der Waals surface area contributed by atoms with Gasteiger partial charge in [0.05, 0.1) is 11.4 Å². The van der Waals surface area contributed by atoms with Gasteiger partial charge in [0, 0.05) is 74.7 Å². The van der Waals surface area contributed by atoms with Crippen molar-refractivity contribution in [1.82, 2.24) is 4.48 Å². The second-order valence-corrected chi connectivity index (χ2v) is 21.4. The number of rotatable bonds is 2. The average Bonchev–Trinajstić information content (AvgIpc) is 3.93. The fourth-order valence-corrected chi connectivity index (χ4v) is 13.8. The third-order valence-corrected chi connectivity index (χ3v) is 16.8. The van der Waals surface area contributed by atoms with Gasteiger partial charge in [-0.3, -0.25) is 0 Å². The monoisotopic (exact) mass is 844 g/mol. The molecule has 5 heterocycles. The number of anilines is 3. The number of fused-ring (bicyclic) bond motifs is 15. The first kappa shape index (κ1) is 36.2. The highest BCUT2D eigenvalue weighted by molar-refractivity contribution is 8.05. The number of benzene rings is 8. The van der Waals surface area contributed by atoms with Crippen LogP contribution in [0.1, 0.15) is 51.4 Å². The van der Waals surface area contributed by atoms with E-state index in [1.807, 2.05) is 23.5 Å². The molecule has 0 unspecified atom stereocenters. The highest BCUT2D eigenvalue weighted by atomic mass is 32.2. The van der Waals surface area contributed by atoms with Crippen molar-refractivity contribution in [2.24, 2.45) is 0 Å². The molecule has 1 aliphatic carbocycles. The molecule has 0 saturated carbocycles. The molecule has 3 nitrogen and oxygen atoms in total. The van der Waals surface area contributed by atoms with E-state index in [1.165, 1.54) is 97.3 Å². The third-order valence-electron chi connectivity index (χ3n) is 14.3. The predicted molar refractivity (Wildman–Crippen MR) is 266 cm³/mol. The topological polar surface area (TPSA) is 21.3 Å². The van der Waals surface area contributed by atoms with E-state index in [0.717, 1.165) is 33.3 Å². The molecule has 300 valence electrons. The lowest BCUT2D eigenvalue weighted by atomic mass is 9.44. The Balaban J connectivity index is 1.18. The fraction of sp³-hybridized carbons (Fsp3) is 0.123. The summed E-state index contributed by atoms with van der Waals surface area (Å²) in [6.07, 6.45) is 0. The first-order valence-corrected chi connectivity index (χ1v) is 23.7. The Labute approximate surface area is 375 Å². The maximum atomic E-state index is 7.24. The molecule has 14 rings (SSSR count). The Morgan fingerprint density at radius 3 is 2.08 bits per heavy atom. The van der Waals surface area contributed by atoms with Gasteiger partial charge in [0.2, 0.25) is 0 Å². The molecule has 2 aromatic heterocycles. The van der Waals surface area contributed by atoms with Crippen LogP contribution in [0.4, 0.5) is 17.1 Å². The lowest BCUT2D eigenvalue weighted by Crippen LogP contribution is -2.58. The largest absolute Gasteiger partial charge is 0.454 e. The van der Waals surface area contributed by atoms with E-state index in [-0.39, 0.29) is 17.7 Å². The van der Waals surface area contributed by atoms with Gasteiger partial charge in [-0.15, -0.1) is 0 Å².